The summed E-state index contributed by atoms with van der Waals surface area (Å²) < 4.78 is 4.70. The number of ether oxygens (including phenoxy) is 1. The van der Waals surface area contributed by atoms with Crippen LogP contribution in [0.15, 0.2) is 0 Å². The zero-order chi connectivity index (χ0) is 12.3. The molecule has 0 saturated heterocycles. The van der Waals surface area contributed by atoms with Crippen molar-refractivity contribution in [3.63, 3.8) is 0 Å². The predicted octanol–water partition coefficient (Wildman–Crippen LogP) is 2.52. The molecule has 0 saturated carbocycles. The van der Waals surface area contributed by atoms with Crippen LogP contribution in [0.3, 0.4) is 0 Å². The van der Waals surface area contributed by atoms with E-state index < -0.39 is 16.8 Å². The van der Waals surface area contributed by atoms with Gasteiger partial charge in [-0.05, 0) is 33.6 Å². The normalized spacial score (nSPS) is 13.7. The van der Waals surface area contributed by atoms with Crippen molar-refractivity contribution in [1.29, 1.82) is 0 Å². The van der Waals surface area contributed by atoms with Crippen molar-refractivity contribution in [3.05, 3.63) is 7.43 Å². The average Bonchev–Trinajstić information content (AvgIpc) is 2.15. The molecule has 0 amide bonds. The molecule has 0 fully saturated rings. The van der Waals surface area contributed by atoms with Crippen molar-refractivity contribution in [2.45, 2.75) is 40.5 Å². The van der Waals surface area contributed by atoms with E-state index in [2.05, 4.69) is 0 Å². The number of carboxylic acid groups (broad SMARTS) is 1. The van der Waals surface area contributed by atoms with Gasteiger partial charge in [-0.15, -0.1) is 0 Å². The average molecular weight is 415 g/mol. The molecule has 17 heavy (non-hydrogen) atoms. The summed E-state index contributed by atoms with van der Waals surface area (Å²) in [5.41, 5.74) is -1.64. The summed E-state index contributed by atoms with van der Waals surface area (Å²) in [6.07, 6.45) is 0.842. The minimum atomic E-state index is -0.918. The molecule has 0 spiro atoms. The van der Waals surface area contributed by atoms with E-state index in [9.17, 15) is 9.59 Å². The van der Waals surface area contributed by atoms with Gasteiger partial charge in [0.05, 0.1) is 17.9 Å². The largest absolute Gasteiger partial charge is 0.481 e. The first kappa shape index (κ1) is 21.9. The van der Waals surface area contributed by atoms with Crippen molar-refractivity contribution >= 4 is 11.9 Å². The van der Waals surface area contributed by atoms with Gasteiger partial charge in [-0.3, -0.25) is 9.59 Å². The van der Waals surface area contributed by atoms with Crippen LogP contribution in [-0.4, -0.2) is 24.2 Å². The van der Waals surface area contributed by atoms with E-state index in [4.69, 9.17) is 9.84 Å². The van der Waals surface area contributed by atoms with Crippen molar-refractivity contribution < 1.29 is 40.5 Å². The number of rotatable bonds is 5. The smallest absolute Gasteiger partial charge is 0.311 e. The van der Waals surface area contributed by atoms with Gasteiger partial charge in [0.1, 0.15) is 0 Å². The third-order valence-electron chi connectivity index (χ3n) is 2.87. The molecule has 0 bridgehead atoms. The fraction of sp³-hybridized carbons (Fsp3) is 0.750. The number of carboxylic acids is 1. The molecule has 0 aromatic heterocycles. The second-order valence-corrected chi connectivity index (χ2v) is 4.77. The number of hydrogen-bond acceptors (Lipinski definition) is 3. The Morgan fingerprint density at radius 2 is 1.65 bits per heavy atom. The standard InChI is InChI=1S/C11H20O4.CH3.W/c1-6-11(4,9(14)15-5)7-10(2,3)8(12)13;;/h6-7H2,1-5H3,(H,12,13);1H3;/q;-1;. The maximum Gasteiger partial charge on any atom is 0.311 e. The number of methoxy groups -OCH3 is 1. The topological polar surface area (TPSA) is 63.6 Å². The Balaban J connectivity index is -0.000000980. The SMILES string of the molecule is CCC(C)(CC(C)(C)C(=O)O)C(=O)OC.[CH3-].[W]. The van der Waals surface area contributed by atoms with Crippen LogP contribution in [0, 0.1) is 18.3 Å². The monoisotopic (exact) mass is 415 g/mol. The minimum absolute atomic E-state index is 0. The molecule has 5 heteroatoms. The van der Waals surface area contributed by atoms with Crippen molar-refractivity contribution in [1.82, 2.24) is 0 Å². The summed E-state index contributed by atoms with van der Waals surface area (Å²) in [5.74, 6) is -1.24. The minimum Gasteiger partial charge on any atom is -0.481 e. The Labute approximate surface area is 118 Å². The molecule has 0 aromatic carbocycles. The zero-order valence-corrected chi connectivity index (χ0v) is 14.4. The molecule has 0 heterocycles. The molecule has 0 rings (SSSR count). The number of carbonyl (C=O) groups is 2. The second kappa shape index (κ2) is 7.86. The van der Waals surface area contributed by atoms with Gasteiger partial charge in [-0.25, -0.2) is 0 Å². The second-order valence-electron chi connectivity index (χ2n) is 4.77. The van der Waals surface area contributed by atoms with Crippen LogP contribution in [0.1, 0.15) is 40.5 Å². The molecule has 0 radical (unpaired) electrons. The molecular formula is C12H23O4W-. The van der Waals surface area contributed by atoms with E-state index in [0.29, 0.717) is 6.42 Å². The van der Waals surface area contributed by atoms with Crippen molar-refractivity contribution in [2.24, 2.45) is 10.8 Å². The fourth-order valence-electron chi connectivity index (χ4n) is 1.64. The summed E-state index contributed by atoms with van der Waals surface area (Å²) in [7, 11) is 1.32. The number of hydrogen-bond donors (Lipinski definition) is 1. The Kier molecular flexibility index (Phi) is 10.1. The first-order valence-electron chi connectivity index (χ1n) is 5.01. The maximum absolute atomic E-state index is 11.5. The van der Waals surface area contributed by atoms with E-state index in [1.165, 1.54) is 7.11 Å². The fourth-order valence-corrected chi connectivity index (χ4v) is 1.64. The van der Waals surface area contributed by atoms with Crippen LogP contribution < -0.4 is 0 Å². The third kappa shape index (κ3) is 5.67. The van der Waals surface area contributed by atoms with E-state index >= 15 is 0 Å². The molecule has 4 nitrogen and oxygen atoms in total. The predicted molar refractivity (Wildman–Crippen MR) is 62.9 cm³/mol. The molecular weight excluding hydrogens is 392 g/mol. The van der Waals surface area contributed by atoms with E-state index in [0.717, 1.165) is 0 Å². The Hall–Kier alpha value is -0.372. The van der Waals surface area contributed by atoms with Crippen LogP contribution in [0.25, 0.3) is 0 Å². The molecule has 1 atom stereocenters. The van der Waals surface area contributed by atoms with Crippen molar-refractivity contribution in [2.75, 3.05) is 7.11 Å². The Morgan fingerprint density at radius 3 is 1.88 bits per heavy atom. The van der Waals surface area contributed by atoms with Crippen LogP contribution in [0.5, 0.6) is 0 Å². The van der Waals surface area contributed by atoms with Gasteiger partial charge in [0.15, 0.2) is 0 Å². The van der Waals surface area contributed by atoms with Gasteiger partial charge < -0.3 is 17.3 Å². The first-order chi connectivity index (χ1) is 6.69. The molecule has 1 N–H and O–H groups in total. The van der Waals surface area contributed by atoms with Crippen LogP contribution in [-0.2, 0) is 35.4 Å². The van der Waals surface area contributed by atoms with Crippen LogP contribution in [0.4, 0.5) is 0 Å². The van der Waals surface area contributed by atoms with Crippen molar-refractivity contribution in [3.8, 4) is 0 Å². The molecule has 0 aromatic rings. The van der Waals surface area contributed by atoms with Gasteiger partial charge in [0, 0.05) is 21.1 Å². The first-order valence-corrected chi connectivity index (χ1v) is 5.01. The van der Waals surface area contributed by atoms with Crippen LogP contribution >= 0.6 is 0 Å². The summed E-state index contributed by atoms with van der Waals surface area (Å²) >= 11 is 0. The molecule has 102 valence electrons. The summed E-state index contributed by atoms with van der Waals surface area (Å²) in [5, 5.41) is 9.00. The molecule has 0 aliphatic rings. The van der Waals surface area contributed by atoms with Gasteiger partial charge in [-0.1, -0.05) is 6.92 Å². The zero-order valence-electron chi connectivity index (χ0n) is 11.5. The Bertz CT molecular complexity index is 263. The molecule has 0 aliphatic heterocycles. The quantitative estimate of drug-likeness (QED) is 0.554. The van der Waals surface area contributed by atoms with E-state index in [-0.39, 0.29) is 40.9 Å². The third-order valence-corrected chi connectivity index (χ3v) is 2.87. The van der Waals surface area contributed by atoms with Gasteiger partial charge in [-0.2, -0.15) is 0 Å². The molecule has 1 unspecified atom stereocenters. The van der Waals surface area contributed by atoms with E-state index in [1.54, 1.807) is 20.8 Å². The summed E-state index contributed by atoms with van der Waals surface area (Å²) in [4.78, 5) is 22.5. The maximum atomic E-state index is 11.5. The Morgan fingerprint density at radius 1 is 1.24 bits per heavy atom. The van der Waals surface area contributed by atoms with Crippen LogP contribution in [0.2, 0.25) is 0 Å². The molecule has 0 aliphatic carbocycles. The van der Waals surface area contributed by atoms with E-state index in [1.807, 2.05) is 6.92 Å². The number of carbonyl (C=O) groups excluding carboxylic acids is 1. The number of aliphatic carboxylic acids is 1. The van der Waals surface area contributed by atoms with Gasteiger partial charge in [0.25, 0.3) is 0 Å². The van der Waals surface area contributed by atoms with Gasteiger partial charge in [0.2, 0.25) is 0 Å². The summed E-state index contributed by atoms with van der Waals surface area (Å²) in [6.45, 7) is 6.83. The van der Waals surface area contributed by atoms with Gasteiger partial charge >= 0.3 is 11.9 Å². The summed E-state index contributed by atoms with van der Waals surface area (Å²) in [6, 6.07) is 0. The number of esters is 1.